The number of hydrogen-bond donors (Lipinski definition) is 2. The molecule has 4 nitrogen and oxygen atoms in total. The highest BCUT2D eigenvalue weighted by Gasteiger charge is 2.07. The molecular weight excluding hydrogens is 262 g/mol. The Morgan fingerprint density at radius 3 is 2.73 bits per heavy atom. The third-order valence-corrected chi connectivity index (χ3v) is 2.53. The summed E-state index contributed by atoms with van der Waals surface area (Å²) in [6.07, 6.45) is 0. The molecule has 0 atom stereocenters. The van der Waals surface area contributed by atoms with E-state index in [1.165, 1.54) is 6.07 Å². The molecule has 2 aromatic rings. The summed E-state index contributed by atoms with van der Waals surface area (Å²) in [4.78, 5) is 24.5. The number of H-pyrrole nitrogens is 1. The predicted octanol–water partition coefficient (Wildman–Crippen LogP) is 1.99. The largest absolute Gasteiger partial charge is 0.477 e. The number of nitrogens with one attached hydrogen (secondary N) is 1. The van der Waals surface area contributed by atoms with Gasteiger partial charge in [-0.05, 0) is 23.6 Å². The Morgan fingerprint density at radius 2 is 2.07 bits per heavy atom. The third-order valence-electron chi connectivity index (χ3n) is 2.04. The fourth-order valence-electron chi connectivity index (χ4n) is 1.35. The van der Waals surface area contributed by atoms with Crippen LogP contribution in [0.25, 0.3) is 10.8 Å². The third kappa shape index (κ3) is 1.78. The number of aromatic carboxylic acids is 1. The number of carbonyl (C=O) groups is 1. The van der Waals surface area contributed by atoms with E-state index >= 15 is 0 Å². The summed E-state index contributed by atoms with van der Waals surface area (Å²) in [6.45, 7) is 0. The van der Waals surface area contributed by atoms with Crippen LogP contribution < -0.4 is 5.56 Å². The van der Waals surface area contributed by atoms with Gasteiger partial charge in [0.15, 0.2) is 0 Å². The zero-order valence-corrected chi connectivity index (χ0v) is 9.04. The average Bonchev–Trinajstić information content (AvgIpc) is 2.18. The molecule has 2 N–H and O–H groups in total. The lowest BCUT2D eigenvalue weighted by Gasteiger charge is -1.99. The summed E-state index contributed by atoms with van der Waals surface area (Å²) in [5.41, 5.74) is -0.499. The van der Waals surface area contributed by atoms with Crippen LogP contribution in [0.1, 0.15) is 10.5 Å². The van der Waals surface area contributed by atoms with Gasteiger partial charge in [0.2, 0.25) is 0 Å². The van der Waals surface area contributed by atoms with E-state index in [1.54, 1.807) is 18.2 Å². The number of benzene rings is 1. The zero-order valence-electron chi connectivity index (χ0n) is 7.45. The molecule has 0 saturated carbocycles. The highest BCUT2D eigenvalue weighted by molar-refractivity contribution is 9.10. The van der Waals surface area contributed by atoms with Crippen molar-refractivity contribution in [2.24, 2.45) is 0 Å². The molecule has 1 aromatic carbocycles. The molecule has 76 valence electrons. The van der Waals surface area contributed by atoms with E-state index < -0.39 is 11.5 Å². The van der Waals surface area contributed by atoms with E-state index in [0.717, 1.165) is 4.47 Å². The molecular formula is C10H6BrNO3. The monoisotopic (exact) mass is 267 g/mol. The first-order valence-electron chi connectivity index (χ1n) is 4.14. The highest BCUT2D eigenvalue weighted by Crippen LogP contribution is 2.17. The molecule has 0 amide bonds. The first-order chi connectivity index (χ1) is 7.08. The Balaban J connectivity index is 2.84. The van der Waals surface area contributed by atoms with Gasteiger partial charge in [-0.25, -0.2) is 4.79 Å². The Hall–Kier alpha value is -1.62. The van der Waals surface area contributed by atoms with Gasteiger partial charge < -0.3 is 10.1 Å². The van der Waals surface area contributed by atoms with Crippen molar-refractivity contribution >= 4 is 32.7 Å². The van der Waals surface area contributed by atoms with Crippen molar-refractivity contribution in [1.29, 1.82) is 0 Å². The van der Waals surface area contributed by atoms with Gasteiger partial charge in [-0.3, -0.25) is 4.79 Å². The average molecular weight is 268 g/mol. The van der Waals surface area contributed by atoms with E-state index in [2.05, 4.69) is 20.9 Å². The van der Waals surface area contributed by atoms with Crippen molar-refractivity contribution < 1.29 is 9.90 Å². The molecule has 5 heteroatoms. The fraction of sp³-hybridized carbons (Fsp3) is 0. The van der Waals surface area contributed by atoms with Crippen LogP contribution in [0.5, 0.6) is 0 Å². The van der Waals surface area contributed by atoms with E-state index in [-0.39, 0.29) is 5.69 Å². The molecule has 0 aliphatic heterocycles. The first kappa shape index (κ1) is 9.92. The molecule has 1 heterocycles. The molecule has 0 fully saturated rings. The van der Waals surface area contributed by atoms with Crippen molar-refractivity contribution in [3.63, 3.8) is 0 Å². The van der Waals surface area contributed by atoms with Gasteiger partial charge in [0, 0.05) is 9.86 Å². The molecule has 0 spiro atoms. The lowest BCUT2D eigenvalue weighted by molar-refractivity contribution is 0.0690. The van der Waals surface area contributed by atoms with Crippen LogP contribution in [-0.4, -0.2) is 16.1 Å². The van der Waals surface area contributed by atoms with Gasteiger partial charge in [0.25, 0.3) is 5.56 Å². The Bertz CT molecular complexity index is 603. The highest BCUT2D eigenvalue weighted by atomic mass is 79.9. The quantitative estimate of drug-likeness (QED) is 0.830. The second kappa shape index (κ2) is 3.51. The van der Waals surface area contributed by atoms with E-state index in [0.29, 0.717) is 10.8 Å². The molecule has 0 unspecified atom stereocenters. The van der Waals surface area contributed by atoms with Gasteiger partial charge in [0.1, 0.15) is 5.69 Å². The number of aromatic amines is 1. The van der Waals surface area contributed by atoms with Crippen molar-refractivity contribution in [1.82, 2.24) is 4.98 Å². The molecule has 2 rings (SSSR count). The number of fused-ring (bicyclic) bond motifs is 1. The zero-order chi connectivity index (χ0) is 11.0. The second-order valence-electron chi connectivity index (χ2n) is 3.05. The van der Waals surface area contributed by atoms with Crippen LogP contribution >= 0.6 is 15.9 Å². The summed E-state index contributed by atoms with van der Waals surface area (Å²) < 4.78 is 0.781. The molecule has 0 saturated heterocycles. The van der Waals surface area contributed by atoms with Crippen molar-refractivity contribution in [3.8, 4) is 0 Å². The maximum Gasteiger partial charge on any atom is 0.352 e. The Morgan fingerprint density at radius 1 is 1.33 bits per heavy atom. The SMILES string of the molecule is O=C(O)c1cc2ccc(Br)cc2c(=O)[nH]1. The lowest BCUT2D eigenvalue weighted by atomic mass is 10.1. The van der Waals surface area contributed by atoms with Crippen LogP contribution in [0.4, 0.5) is 0 Å². The number of hydrogen-bond acceptors (Lipinski definition) is 2. The maximum absolute atomic E-state index is 11.5. The van der Waals surface area contributed by atoms with E-state index in [9.17, 15) is 9.59 Å². The predicted molar refractivity (Wildman–Crippen MR) is 59.2 cm³/mol. The van der Waals surface area contributed by atoms with Crippen molar-refractivity contribution in [3.05, 3.63) is 44.8 Å². The van der Waals surface area contributed by atoms with Gasteiger partial charge in [-0.1, -0.05) is 22.0 Å². The Labute approximate surface area is 92.7 Å². The maximum atomic E-state index is 11.5. The summed E-state index contributed by atoms with van der Waals surface area (Å²) >= 11 is 3.24. The molecule has 0 radical (unpaired) electrons. The normalized spacial score (nSPS) is 10.5. The van der Waals surface area contributed by atoms with Crippen molar-refractivity contribution in [2.45, 2.75) is 0 Å². The van der Waals surface area contributed by atoms with Gasteiger partial charge >= 0.3 is 5.97 Å². The summed E-state index contributed by atoms with van der Waals surface area (Å²) in [6, 6.07) is 6.54. The van der Waals surface area contributed by atoms with Crippen LogP contribution in [0.15, 0.2) is 33.5 Å². The number of halogens is 1. The van der Waals surface area contributed by atoms with Gasteiger partial charge in [-0.2, -0.15) is 0 Å². The molecule has 15 heavy (non-hydrogen) atoms. The van der Waals surface area contributed by atoms with E-state index in [4.69, 9.17) is 5.11 Å². The summed E-state index contributed by atoms with van der Waals surface area (Å²) in [5.74, 6) is -1.14. The number of carboxylic acids is 1. The smallest absolute Gasteiger partial charge is 0.352 e. The number of pyridine rings is 1. The number of rotatable bonds is 1. The Kier molecular flexibility index (Phi) is 2.32. The second-order valence-corrected chi connectivity index (χ2v) is 3.96. The minimum atomic E-state index is -1.14. The lowest BCUT2D eigenvalue weighted by Crippen LogP contribution is -2.12. The molecule has 0 aliphatic rings. The summed E-state index contributed by atoms with van der Waals surface area (Å²) in [5, 5.41) is 9.82. The van der Waals surface area contributed by atoms with Crippen LogP contribution in [0.3, 0.4) is 0 Å². The minimum absolute atomic E-state index is 0.102. The van der Waals surface area contributed by atoms with Gasteiger partial charge in [0.05, 0.1) is 0 Å². The van der Waals surface area contributed by atoms with E-state index in [1.807, 2.05) is 0 Å². The topological polar surface area (TPSA) is 70.2 Å². The number of aromatic nitrogens is 1. The van der Waals surface area contributed by atoms with Crippen LogP contribution in [0.2, 0.25) is 0 Å². The fourth-order valence-corrected chi connectivity index (χ4v) is 1.71. The standard InChI is InChI=1S/C10H6BrNO3/c11-6-2-1-5-3-8(10(14)15)12-9(13)7(5)4-6/h1-4H,(H,12,13)(H,14,15). The van der Waals surface area contributed by atoms with Crippen LogP contribution in [0, 0.1) is 0 Å². The van der Waals surface area contributed by atoms with Gasteiger partial charge in [-0.15, -0.1) is 0 Å². The molecule has 1 aromatic heterocycles. The minimum Gasteiger partial charge on any atom is -0.477 e. The number of carboxylic acid groups (broad SMARTS) is 1. The first-order valence-corrected chi connectivity index (χ1v) is 4.93. The van der Waals surface area contributed by atoms with Crippen molar-refractivity contribution in [2.75, 3.05) is 0 Å². The molecule has 0 aliphatic carbocycles. The van der Waals surface area contributed by atoms with Crippen LogP contribution in [-0.2, 0) is 0 Å². The summed E-state index contributed by atoms with van der Waals surface area (Å²) in [7, 11) is 0. The molecule has 0 bridgehead atoms.